The largest absolute Gasteiger partial charge is 0.374 e. The van der Waals surface area contributed by atoms with E-state index in [0.717, 1.165) is 37.8 Å². The van der Waals surface area contributed by atoms with Gasteiger partial charge in [0.05, 0.1) is 12.1 Å². The number of hydrogen-bond acceptors (Lipinski definition) is 3. The first-order valence-electron chi connectivity index (χ1n) is 7.87. The van der Waals surface area contributed by atoms with Crippen molar-refractivity contribution >= 4 is 11.8 Å². The van der Waals surface area contributed by atoms with Gasteiger partial charge in [0.25, 0.3) is 0 Å². The second-order valence-electron chi connectivity index (χ2n) is 6.35. The van der Waals surface area contributed by atoms with Gasteiger partial charge in [0.2, 0.25) is 0 Å². The maximum absolute atomic E-state index is 6.37. The number of likely N-dealkylation sites (tertiary alicyclic amines) is 1. The van der Waals surface area contributed by atoms with Gasteiger partial charge in [-0.15, -0.1) is 18.2 Å². The molecule has 0 aromatic heterocycles. The summed E-state index contributed by atoms with van der Waals surface area (Å²) in [5, 5.41) is 0.755. The van der Waals surface area contributed by atoms with Crippen molar-refractivity contribution in [3.63, 3.8) is 0 Å². The first kappa shape index (κ1) is 14.5. The van der Waals surface area contributed by atoms with Gasteiger partial charge in [-0.3, -0.25) is 4.90 Å². The second-order valence-corrected chi connectivity index (χ2v) is 7.71. The van der Waals surface area contributed by atoms with Crippen molar-refractivity contribution in [1.29, 1.82) is 0 Å². The summed E-state index contributed by atoms with van der Waals surface area (Å²) in [6, 6.07) is 0.530. The standard InChI is InChI=1S/C17H25NOS/c1-4-8-18-9-7-17(12-13(18)3)15-11-14(5-2)20-16(15)6-10-19-17/h1,11,13,15-16H,5-10,12H2,2-3H3/t13-,15?,16?,17+/m1/s1. The molecule has 3 aliphatic heterocycles. The molecule has 4 atom stereocenters. The molecule has 0 bridgehead atoms. The molecule has 20 heavy (non-hydrogen) atoms. The van der Waals surface area contributed by atoms with E-state index < -0.39 is 0 Å². The predicted octanol–water partition coefficient (Wildman–Crippen LogP) is 3.29. The molecule has 0 N–H and O–H groups in total. The Morgan fingerprint density at radius 1 is 1.60 bits per heavy atom. The number of piperidine rings is 1. The number of ether oxygens (including phenoxy) is 1. The van der Waals surface area contributed by atoms with Crippen molar-refractivity contribution in [1.82, 2.24) is 4.90 Å². The molecule has 110 valence electrons. The minimum atomic E-state index is 0.0807. The smallest absolute Gasteiger partial charge is 0.0782 e. The van der Waals surface area contributed by atoms with Gasteiger partial charge in [-0.25, -0.2) is 0 Å². The quantitative estimate of drug-likeness (QED) is 0.724. The van der Waals surface area contributed by atoms with E-state index in [1.54, 1.807) is 4.91 Å². The number of terminal acetylenes is 1. The molecular formula is C17H25NOS. The fraction of sp³-hybridized carbons (Fsp3) is 0.765. The summed E-state index contributed by atoms with van der Waals surface area (Å²) >= 11 is 2.11. The fourth-order valence-electron chi connectivity index (χ4n) is 4.09. The summed E-state index contributed by atoms with van der Waals surface area (Å²) in [5.41, 5.74) is 0.0807. The molecule has 1 spiro atoms. The highest BCUT2D eigenvalue weighted by molar-refractivity contribution is 8.03. The van der Waals surface area contributed by atoms with Gasteiger partial charge < -0.3 is 4.74 Å². The van der Waals surface area contributed by atoms with E-state index in [1.165, 1.54) is 12.8 Å². The molecule has 0 aromatic rings. The van der Waals surface area contributed by atoms with E-state index in [4.69, 9.17) is 11.2 Å². The highest BCUT2D eigenvalue weighted by Crippen LogP contribution is 2.52. The normalized spacial score (nSPS) is 41.2. The Hall–Kier alpha value is -0.430. The number of allylic oxidation sites excluding steroid dienone is 1. The molecule has 0 aromatic carbocycles. The molecule has 0 saturated carbocycles. The van der Waals surface area contributed by atoms with Crippen LogP contribution < -0.4 is 0 Å². The van der Waals surface area contributed by atoms with Gasteiger partial charge in [0.1, 0.15) is 0 Å². The van der Waals surface area contributed by atoms with Crippen molar-refractivity contribution < 1.29 is 4.74 Å². The van der Waals surface area contributed by atoms with Gasteiger partial charge in [-0.05, 0) is 37.5 Å². The van der Waals surface area contributed by atoms with E-state index in [2.05, 4.69) is 42.5 Å². The topological polar surface area (TPSA) is 12.5 Å². The van der Waals surface area contributed by atoms with Crippen molar-refractivity contribution in [2.24, 2.45) is 5.92 Å². The lowest BCUT2D eigenvalue weighted by atomic mass is 9.73. The molecule has 3 heteroatoms. The van der Waals surface area contributed by atoms with Gasteiger partial charge in [0, 0.05) is 30.4 Å². The molecule has 2 unspecified atom stereocenters. The number of hydrogen-bond donors (Lipinski definition) is 0. The van der Waals surface area contributed by atoms with Crippen LogP contribution in [0.4, 0.5) is 0 Å². The van der Waals surface area contributed by atoms with E-state index in [0.29, 0.717) is 12.0 Å². The summed E-state index contributed by atoms with van der Waals surface area (Å²) in [7, 11) is 0. The lowest BCUT2D eigenvalue weighted by Gasteiger charge is -2.51. The fourth-order valence-corrected chi connectivity index (χ4v) is 5.56. The average molecular weight is 291 g/mol. The van der Waals surface area contributed by atoms with Crippen LogP contribution in [0.3, 0.4) is 0 Å². The minimum Gasteiger partial charge on any atom is -0.374 e. The zero-order valence-corrected chi connectivity index (χ0v) is 13.4. The summed E-state index contributed by atoms with van der Waals surface area (Å²) < 4.78 is 6.37. The Kier molecular flexibility index (Phi) is 4.17. The van der Waals surface area contributed by atoms with Gasteiger partial charge in [-0.2, -0.15) is 0 Å². The molecule has 0 aliphatic carbocycles. The molecule has 2 saturated heterocycles. The molecule has 3 heterocycles. The van der Waals surface area contributed by atoms with Crippen molar-refractivity contribution in [2.75, 3.05) is 19.7 Å². The van der Waals surface area contributed by atoms with E-state index in [1.807, 2.05) is 0 Å². The third-order valence-electron chi connectivity index (χ3n) is 5.20. The lowest BCUT2D eigenvalue weighted by Crippen LogP contribution is -2.57. The Balaban J connectivity index is 1.78. The van der Waals surface area contributed by atoms with Crippen LogP contribution in [0, 0.1) is 18.3 Å². The summed E-state index contributed by atoms with van der Waals surface area (Å²) in [4.78, 5) is 3.99. The number of nitrogens with zero attached hydrogens (tertiary/aromatic N) is 1. The molecule has 2 nitrogen and oxygen atoms in total. The van der Waals surface area contributed by atoms with Crippen LogP contribution in [0.2, 0.25) is 0 Å². The highest BCUT2D eigenvalue weighted by Gasteiger charge is 2.51. The van der Waals surface area contributed by atoms with Crippen molar-refractivity contribution in [3.8, 4) is 12.3 Å². The molecular weight excluding hydrogens is 266 g/mol. The van der Waals surface area contributed by atoms with Gasteiger partial charge in [-0.1, -0.05) is 18.9 Å². The Bertz CT molecular complexity index is 441. The van der Waals surface area contributed by atoms with Crippen LogP contribution in [-0.2, 0) is 4.74 Å². The van der Waals surface area contributed by atoms with Crippen LogP contribution in [0.25, 0.3) is 0 Å². The van der Waals surface area contributed by atoms with E-state index >= 15 is 0 Å². The third-order valence-corrected chi connectivity index (χ3v) is 6.76. The molecule has 2 fully saturated rings. The Labute approximate surface area is 127 Å². The predicted molar refractivity (Wildman–Crippen MR) is 85.6 cm³/mol. The van der Waals surface area contributed by atoms with Crippen LogP contribution in [0.1, 0.15) is 39.5 Å². The molecule has 3 aliphatic rings. The van der Waals surface area contributed by atoms with E-state index in [-0.39, 0.29) is 5.60 Å². The van der Waals surface area contributed by atoms with Crippen molar-refractivity contribution in [2.45, 2.75) is 56.4 Å². The van der Waals surface area contributed by atoms with Gasteiger partial charge >= 0.3 is 0 Å². The highest BCUT2D eigenvalue weighted by atomic mass is 32.2. The van der Waals surface area contributed by atoms with Crippen LogP contribution in [0.15, 0.2) is 11.0 Å². The zero-order chi connectivity index (χ0) is 14.2. The van der Waals surface area contributed by atoms with Crippen molar-refractivity contribution in [3.05, 3.63) is 11.0 Å². The summed E-state index contributed by atoms with van der Waals surface area (Å²) in [6.07, 6.45) is 12.6. The maximum Gasteiger partial charge on any atom is 0.0782 e. The molecule has 0 amide bonds. The number of thioether (sulfide) groups is 1. The maximum atomic E-state index is 6.37. The first-order valence-corrected chi connectivity index (χ1v) is 8.75. The molecule has 3 rings (SSSR count). The van der Waals surface area contributed by atoms with Crippen LogP contribution in [0.5, 0.6) is 0 Å². The lowest BCUT2D eigenvalue weighted by molar-refractivity contribution is -0.141. The zero-order valence-electron chi connectivity index (χ0n) is 12.6. The van der Waals surface area contributed by atoms with Crippen LogP contribution in [-0.4, -0.2) is 41.5 Å². The third kappa shape index (κ3) is 2.43. The van der Waals surface area contributed by atoms with Gasteiger partial charge in [0.15, 0.2) is 0 Å². The SMILES string of the molecule is C#CCN1CC[C@@]2(C[C@H]1C)OCCC1SC(CC)=CC12. The molecule has 0 radical (unpaired) electrons. The number of rotatable bonds is 2. The minimum absolute atomic E-state index is 0.0807. The van der Waals surface area contributed by atoms with Crippen LogP contribution >= 0.6 is 11.8 Å². The second kappa shape index (κ2) is 5.75. The Morgan fingerprint density at radius 3 is 3.15 bits per heavy atom. The monoisotopic (exact) mass is 291 g/mol. The summed E-state index contributed by atoms with van der Waals surface area (Å²) in [6.45, 7) is 7.35. The first-order chi connectivity index (χ1) is 9.68. The summed E-state index contributed by atoms with van der Waals surface area (Å²) in [5.74, 6) is 3.41. The number of fused-ring (bicyclic) bond motifs is 2. The average Bonchev–Trinajstić information content (AvgIpc) is 2.87. The Morgan fingerprint density at radius 2 is 2.45 bits per heavy atom. The van der Waals surface area contributed by atoms with E-state index in [9.17, 15) is 0 Å².